The largest absolute Gasteiger partial charge is 0.392 e. The van der Waals surface area contributed by atoms with E-state index < -0.39 is 11.6 Å². The van der Waals surface area contributed by atoms with Crippen molar-refractivity contribution in [1.82, 2.24) is 5.32 Å². The summed E-state index contributed by atoms with van der Waals surface area (Å²) in [5.41, 5.74) is 4.82. The minimum atomic E-state index is -0.529. The van der Waals surface area contributed by atoms with Gasteiger partial charge >= 0.3 is 0 Å². The van der Waals surface area contributed by atoms with Crippen LogP contribution in [0.15, 0.2) is 66.8 Å². The first-order chi connectivity index (χ1) is 14.0. The molecular weight excluding hydrogens is 368 g/mol. The number of nitrogens with one attached hydrogen (secondary N) is 1. The van der Waals surface area contributed by atoms with Crippen molar-refractivity contribution in [3.8, 4) is 0 Å². The fourth-order valence-corrected chi connectivity index (χ4v) is 4.13. The van der Waals surface area contributed by atoms with Gasteiger partial charge in [0.2, 0.25) is 0 Å². The average Bonchev–Trinajstić information content (AvgIpc) is 2.70. The molecule has 0 radical (unpaired) electrons. The summed E-state index contributed by atoms with van der Waals surface area (Å²) in [6.07, 6.45) is 8.06. The maximum atomic E-state index is 13.8. The van der Waals surface area contributed by atoms with Crippen LogP contribution in [0.25, 0.3) is 6.08 Å². The molecule has 1 fully saturated rings. The SMILES string of the molecule is C=C/C=C\C(=C\c1ccc([C@H]2CNCC[C@@H]2c2cc(F)cc(F)c2)c(C)c1)CO. The molecule has 4 heteroatoms. The van der Waals surface area contributed by atoms with Crippen LogP contribution in [0.4, 0.5) is 8.78 Å². The van der Waals surface area contributed by atoms with Crippen molar-refractivity contribution >= 4 is 6.08 Å². The van der Waals surface area contributed by atoms with Gasteiger partial charge in [0.15, 0.2) is 0 Å². The molecule has 0 aliphatic carbocycles. The molecule has 152 valence electrons. The molecule has 0 amide bonds. The smallest absolute Gasteiger partial charge is 0.126 e. The maximum Gasteiger partial charge on any atom is 0.126 e. The quantitative estimate of drug-likeness (QED) is 0.655. The van der Waals surface area contributed by atoms with Crippen molar-refractivity contribution in [1.29, 1.82) is 0 Å². The van der Waals surface area contributed by atoms with Crippen LogP contribution in [0, 0.1) is 18.6 Å². The lowest BCUT2D eigenvalue weighted by Gasteiger charge is -2.34. The third-order valence-corrected chi connectivity index (χ3v) is 5.47. The number of aryl methyl sites for hydroxylation is 1. The van der Waals surface area contributed by atoms with Crippen molar-refractivity contribution in [2.45, 2.75) is 25.2 Å². The summed E-state index contributed by atoms with van der Waals surface area (Å²) in [7, 11) is 0. The Kier molecular flexibility index (Phi) is 7.13. The summed E-state index contributed by atoms with van der Waals surface area (Å²) in [6.45, 7) is 7.25. The fourth-order valence-electron chi connectivity index (χ4n) is 4.13. The number of piperidine rings is 1. The van der Waals surface area contributed by atoms with Gasteiger partial charge in [0.05, 0.1) is 6.61 Å². The predicted molar refractivity (Wildman–Crippen MR) is 115 cm³/mol. The molecule has 2 aromatic carbocycles. The van der Waals surface area contributed by atoms with E-state index in [2.05, 4.69) is 31.0 Å². The van der Waals surface area contributed by atoms with E-state index in [9.17, 15) is 13.9 Å². The van der Waals surface area contributed by atoms with E-state index in [-0.39, 0.29) is 18.4 Å². The highest BCUT2D eigenvalue weighted by Crippen LogP contribution is 2.39. The van der Waals surface area contributed by atoms with Gasteiger partial charge in [-0.2, -0.15) is 0 Å². The normalized spacial score (nSPS) is 20.2. The van der Waals surface area contributed by atoms with Crippen molar-refractivity contribution in [3.05, 3.63) is 101 Å². The highest BCUT2D eigenvalue weighted by atomic mass is 19.1. The Balaban J connectivity index is 1.92. The molecule has 2 N–H and O–H groups in total. The second kappa shape index (κ2) is 9.77. The molecule has 0 saturated carbocycles. The molecule has 1 heterocycles. The number of aliphatic hydroxyl groups excluding tert-OH is 1. The summed E-state index contributed by atoms with van der Waals surface area (Å²) < 4.78 is 27.6. The molecule has 0 aromatic heterocycles. The third kappa shape index (κ3) is 5.28. The summed E-state index contributed by atoms with van der Waals surface area (Å²) in [4.78, 5) is 0. The highest BCUT2D eigenvalue weighted by Gasteiger charge is 2.29. The fraction of sp³-hybridized carbons (Fsp3) is 0.280. The van der Waals surface area contributed by atoms with Gasteiger partial charge in [0, 0.05) is 18.5 Å². The standard InChI is InChI=1S/C25H27F2NO/c1-3-4-5-19(16-29)11-18-6-7-23(17(2)10-18)25-15-28-9-8-24(25)20-12-21(26)14-22(27)13-20/h3-7,10-14,24-25,28-29H,1,8-9,15-16H2,2H3/b5-4-,19-11-/t24-,25-/m1/s1. The zero-order chi connectivity index (χ0) is 20.8. The van der Waals surface area contributed by atoms with Crippen molar-refractivity contribution in [2.75, 3.05) is 19.7 Å². The molecule has 1 aliphatic rings. The van der Waals surface area contributed by atoms with Crippen molar-refractivity contribution in [3.63, 3.8) is 0 Å². The predicted octanol–water partition coefficient (Wildman–Crippen LogP) is 5.25. The maximum absolute atomic E-state index is 13.8. The van der Waals surface area contributed by atoms with Crippen LogP contribution in [-0.2, 0) is 0 Å². The van der Waals surface area contributed by atoms with E-state index in [1.807, 2.05) is 18.2 Å². The summed E-state index contributed by atoms with van der Waals surface area (Å²) in [5, 5.41) is 12.9. The third-order valence-electron chi connectivity index (χ3n) is 5.47. The van der Waals surface area contributed by atoms with E-state index in [1.165, 1.54) is 17.7 Å². The number of aliphatic hydroxyl groups is 1. The number of rotatable bonds is 6. The lowest BCUT2D eigenvalue weighted by Crippen LogP contribution is -2.34. The van der Waals surface area contributed by atoms with Crippen molar-refractivity contribution < 1.29 is 13.9 Å². The van der Waals surface area contributed by atoms with Crippen LogP contribution < -0.4 is 5.32 Å². The molecule has 3 rings (SSSR count). The highest BCUT2D eigenvalue weighted by molar-refractivity contribution is 5.58. The molecular formula is C25H27F2NO. The minimum absolute atomic E-state index is 0.0507. The van der Waals surface area contributed by atoms with Gasteiger partial charge in [0.1, 0.15) is 11.6 Å². The zero-order valence-corrected chi connectivity index (χ0v) is 16.7. The van der Waals surface area contributed by atoms with Crippen LogP contribution >= 0.6 is 0 Å². The van der Waals surface area contributed by atoms with Gasteiger partial charge in [0.25, 0.3) is 0 Å². The molecule has 0 bridgehead atoms. The Hall–Kier alpha value is -2.56. The molecule has 0 spiro atoms. The van der Waals surface area contributed by atoms with Crippen LogP contribution in [0.1, 0.15) is 40.5 Å². The Morgan fingerprint density at radius 1 is 1.17 bits per heavy atom. The molecule has 0 unspecified atom stereocenters. The summed E-state index contributed by atoms with van der Waals surface area (Å²) in [6, 6.07) is 10.0. The van der Waals surface area contributed by atoms with E-state index in [0.29, 0.717) is 0 Å². The number of benzene rings is 2. The Morgan fingerprint density at radius 2 is 1.93 bits per heavy atom. The van der Waals surface area contributed by atoms with Crippen LogP contribution in [0.2, 0.25) is 0 Å². The van der Waals surface area contributed by atoms with Gasteiger partial charge in [-0.3, -0.25) is 0 Å². The first-order valence-corrected chi connectivity index (χ1v) is 9.89. The first-order valence-electron chi connectivity index (χ1n) is 9.89. The topological polar surface area (TPSA) is 32.3 Å². The van der Waals surface area contributed by atoms with Gasteiger partial charge in [-0.05, 0) is 71.8 Å². The van der Waals surface area contributed by atoms with Crippen LogP contribution in [0.3, 0.4) is 0 Å². The Labute approximate surface area is 171 Å². The molecule has 1 aliphatic heterocycles. The Bertz CT molecular complexity index is 912. The second-order valence-corrected chi connectivity index (χ2v) is 7.50. The summed E-state index contributed by atoms with van der Waals surface area (Å²) >= 11 is 0. The minimum Gasteiger partial charge on any atom is -0.392 e. The number of hydrogen-bond donors (Lipinski definition) is 2. The first kappa shape index (κ1) is 21.2. The lowest BCUT2D eigenvalue weighted by molar-refractivity contribution is 0.336. The summed E-state index contributed by atoms with van der Waals surface area (Å²) in [5.74, 6) is -0.858. The zero-order valence-electron chi connectivity index (χ0n) is 16.7. The Morgan fingerprint density at radius 3 is 2.59 bits per heavy atom. The number of hydrogen-bond acceptors (Lipinski definition) is 2. The second-order valence-electron chi connectivity index (χ2n) is 7.50. The van der Waals surface area contributed by atoms with E-state index in [0.717, 1.165) is 47.8 Å². The van der Waals surface area contributed by atoms with E-state index in [1.54, 1.807) is 12.2 Å². The van der Waals surface area contributed by atoms with Crippen LogP contribution in [-0.4, -0.2) is 24.8 Å². The van der Waals surface area contributed by atoms with Gasteiger partial charge < -0.3 is 10.4 Å². The molecule has 2 atom stereocenters. The lowest BCUT2D eigenvalue weighted by atomic mass is 9.76. The van der Waals surface area contributed by atoms with Crippen molar-refractivity contribution in [2.24, 2.45) is 0 Å². The number of halogens is 2. The monoisotopic (exact) mass is 395 g/mol. The van der Waals surface area contributed by atoms with Gasteiger partial charge in [-0.15, -0.1) is 0 Å². The molecule has 2 aromatic rings. The van der Waals surface area contributed by atoms with Gasteiger partial charge in [-0.1, -0.05) is 43.0 Å². The van der Waals surface area contributed by atoms with E-state index in [4.69, 9.17) is 0 Å². The average molecular weight is 395 g/mol. The molecule has 29 heavy (non-hydrogen) atoms. The van der Waals surface area contributed by atoms with E-state index >= 15 is 0 Å². The van der Waals surface area contributed by atoms with Crippen LogP contribution in [0.5, 0.6) is 0 Å². The molecule has 2 nitrogen and oxygen atoms in total. The van der Waals surface area contributed by atoms with Gasteiger partial charge in [-0.25, -0.2) is 8.78 Å². The molecule has 1 saturated heterocycles. The number of allylic oxidation sites excluding steroid dienone is 2.